The van der Waals surface area contributed by atoms with Crippen LogP contribution in [0.3, 0.4) is 0 Å². The lowest BCUT2D eigenvalue weighted by molar-refractivity contribution is -0.131. The summed E-state index contributed by atoms with van der Waals surface area (Å²) < 4.78 is 1.92. The van der Waals surface area contributed by atoms with Gasteiger partial charge in [-0.25, -0.2) is 9.78 Å². The van der Waals surface area contributed by atoms with Gasteiger partial charge in [-0.3, -0.25) is 4.79 Å². The second-order valence-corrected chi connectivity index (χ2v) is 9.30. The van der Waals surface area contributed by atoms with Gasteiger partial charge in [0, 0.05) is 43.9 Å². The topological polar surface area (TPSA) is 103 Å². The van der Waals surface area contributed by atoms with E-state index < -0.39 is 0 Å². The van der Waals surface area contributed by atoms with Gasteiger partial charge in [0.1, 0.15) is 5.65 Å². The number of likely N-dealkylation sites (tertiary alicyclic amines) is 1. The molecule has 186 valence electrons. The van der Waals surface area contributed by atoms with Crippen LogP contribution in [-0.4, -0.2) is 39.3 Å². The Kier molecular flexibility index (Phi) is 7.13. The van der Waals surface area contributed by atoms with E-state index in [9.17, 15) is 9.59 Å². The fourth-order valence-electron chi connectivity index (χ4n) is 4.70. The first kappa shape index (κ1) is 24.1. The minimum absolute atomic E-state index is 0.124. The number of carbonyl (C=O) groups is 2. The van der Waals surface area contributed by atoms with Crippen molar-refractivity contribution in [2.24, 2.45) is 0 Å². The molecule has 1 aliphatic heterocycles. The van der Waals surface area contributed by atoms with Crippen molar-refractivity contribution in [3.8, 4) is 6.07 Å². The molecule has 0 aliphatic carbocycles. The Labute approximate surface area is 215 Å². The highest BCUT2D eigenvalue weighted by molar-refractivity contribution is 5.89. The normalized spacial score (nSPS) is 13.8. The van der Waals surface area contributed by atoms with Crippen LogP contribution in [0.1, 0.15) is 41.0 Å². The predicted molar refractivity (Wildman–Crippen MR) is 141 cm³/mol. The number of amides is 3. The number of pyridine rings is 1. The molecular formula is C29H28N6O2. The Hall–Kier alpha value is -4.64. The van der Waals surface area contributed by atoms with E-state index in [0.717, 1.165) is 48.4 Å². The molecule has 0 radical (unpaired) electrons. The monoisotopic (exact) mass is 492 g/mol. The summed E-state index contributed by atoms with van der Waals surface area (Å²) in [5, 5.41) is 14.7. The highest BCUT2D eigenvalue weighted by Gasteiger charge is 2.24. The van der Waals surface area contributed by atoms with Crippen LogP contribution in [0.25, 0.3) is 5.65 Å². The number of aromatic nitrogens is 2. The standard InChI is InChI=1S/C29H28N6O2/c30-19-22-3-1-21(2-4-22)18-28(36)35-14-10-25(11-15-35)24-5-7-26(8-6-24)33-29(37)32-20-23-9-13-34-16-12-31-27(34)17-23/h1-9,12-13,16-17,25H,10-11,14-15,18,20H2,(H2,32,33,37). The third-order valence-corrected chi connectivity index (χ3v) is 6.84. The van der Waals surface area contributed by atoms with Crippen molar-refractivity contribution in [3.05, 3.63) is 102 Å². The summed E-state index contributed by atoms with van der Waals surface area (Å²) in [6.07, 6.45) is 7.72. The number of carbonyl (C=O) groups excluding carboxylic acids is 2. The Bertz CT molecular complexity index is 1430. The zero-order valence-corrected chi connectivity index (χ0v) is 20.4. The molecule has 4 aromatic rings. The minimum atomic E-state index is -0.259. The number of nitrogens with one attached hydrogen (secondary N) is 2. The molecule has 3 amide bonds. The van der Waals surface area contributed by atoms with E-state index in [4.69, 9.17) is 5.26 Å². The van der Waals surface area contributed by atoms with Gasteiger partial charge in [0.2, 0.25) is 5.91 Å². The SMILES string of the molecule is N#Cc1ccc(CC(=O)N2CCC(c3ccc(NC(=O)NCc4ccn5ccnc5c4)cc3)CC2)cc1. The second-order valence-electron chi connectivity index (χ2n) is 9.30. The first-order chi connectivity index (χ1) is 18.1. The molecular weight excluding hydrogens is 464 g/mol. The fraction of sp³-hybridized carbons (Fsp3) is 0.241. The molecule has 0 atom stereocenters. The molecule has 1 saturated heterocycles. The number of anilines is 1. The van der Waals surface area contributed by atoms with Crippen LogP contribution in [0.4, 0.5) is 10.5 Å². The number of rotatable bonds is 6. The Morgan fingerprint density at radius 3 is 2.46 bits per heavy atom. The molecule has 2 aromatic heterocycles. The largest absolute Gasteiger partial charge is 0.342 e. The number of fused-ring (bicyclic) bond motifs is 1. The summed E-state index contributed by atoms with van der Waals surface area (Å²) in [5.74, 6) is 0.512. The minimum Gasteiger partial charge on any atom is -0.342 e. The van der Waals surface area contributed by atoms with Gasteiger partial charge in [-0.15, -0.1) is 0 Å². The number of piperidine rings is 1. The van der Waals surface area contributed by atoms with Crippen molar-refractivity contribution in [2.75, 3.05) is 18.4 Å². The van der Waals surface area contributed by atoms with E-state index in [0.29, 0.717) is 24.4 Å². The lowest BCUT2D eigenvalue weighted by Crippen LogP contribution is -2.38. The van der Waals surface area contributed by atoms with Crippen LogP contribution in [0.5, 0.6) is 0 Å². The number of nitriles is 1. The van der Waals surface area contributed by atoms with Gasteiger partial charge in [0.05, 0.1) is 18.1 Å². The van der Waals surface area contributed by atoms with Crippen LogP contribution in [0.15, 0.2) is 79.3 Å². The Morgan fingerprint density at radius 1 is 0.973 bits per heavy atom. The number of hydrogen-bond donors (Lipinski definition) is 2. The summed E-state index contributed by atoms with van der Waals surface area (Å²) in [6.45, 7) is 1.87. The first-order valence-electron chi connectivity index (χ1n) is 12.4. The maximum atomic E-state index is 12.7. The van der Waals surface area contributed by atoms with Crippen LogP contribution in [-0.2, 0) is 17.8 Å². The number of imidazole rings is 1. The van der Waals surface area contributed by atoms with Gasteiger partial charge in [0.25, 0.3) is 0 Å². The van der Waals surface area contributed by atoms with Crippen molar-refractivity contribution >= 4 is 23.3 Å². The van der Waals surface area contributed by atoms with Gasteiger partial charge >= 0.3 is 6.03 Å². The Balaban J connectivity index is 1.07. The molecule has 1 fully saturated rings. The molecule has 8 heteroatoms. The van der Waals surface area contributed by atoms with Crippen LogP contribution in [0.2, 0.25) is 0 Å². The third-order valence-electron chi connectivity index (χ3n) is 6.84. The molecule has 37 heavy (non-hydrogen) atoms. The van der Waals surface area contributed by atoms with Gasteiger partial charge in [-0.1, -0.05) is 24.3 Å². The summed E-state index contributed by atoms with van der Waals surface area (Å²) >= 11 is 0. The lowest BCUT2D eigenvalue weighted by Gasteiger charge is -2.32. The Morgan fingerprint density at radius 2 is 1.73 bits per heavy atom. The molecule has 3 heterocycles. The van der Waals surface area contributed by atoms with E-state index in [1.165, 1.54) is 5.56 Å². The number of hydrogen-bond acceptors (Lipinski definition) is 4. The van der Waals surface area contributed by atoms with Gasteiger partial charge in [-0.2, -0.15) is 5.26 Å². The fourth-order valence-corrected chi connectivity index (χ4v) is 4.70. The molecule has 0 unspecified atom stereocenters. The summed E-state index contributed by atoms with van der Waals surface area (Å²) in [5.41, 5.74) is 5.31. The molecule has 8 nitrogen and oxygen atoms in total. The molecule has 2 aromatic carbocycles. The number of benzene rings is 2. The van der Waals surface area contributed by atoms with Crippen LogP contribution in [0, 0.1) is 11.3 Å². The van der Waals surface area contributed by atoms with E-state index in [-0.39, 0.29) is 11.9 Å². The first-order valence-corrected chi connectivity index (χ1v) is 12.4. The molecule has 0 bridgehead atoms. The van der Waals surface area contributed by atoms with Crippen molar-refractivity contribution in [1.82, 2.24) is 19.6 Å². The average Bonchev–Trinajstić information content (AvgIpc) is 3.41. The quantitative estimate of drug-likeness (QED) is 0.414. The highest BCUT2D eigenvalue weighted by atomic mass is 16.2. The third kappa shape index (κ3) is 5.96. The highest BCUT2D eigenvalue weighted by Crippen LogP contribution is 2.29. The van der Waals surface area contributed by atoms with Gasteiger partial charge in [-0.05, 0) is 71.8 Å². The zero-order valence-electron chi connectivity index (χ0n) is 20.4. The van der Waals surface area contributed by atoms with E-state index in [1.54, 1.807) is 18.3 Å². The van der Waals surface area contributed by atoms with Gasteiger partial charge < -0.3 is 19.9 Å². The molecule has 5 rings (SSSR count). The number of urea groups is 1. The smallest absolute Gasteiger partial charge is 0.319 e. The lowest BCUT2D eigenvalue weighted by atomic mass is 9.89. The van der Waals surface area contributed by atoms with Crippen molar-refractivity contribution < 1.29 is 9.59 Å². The second kappa shape index (κ2) is 11.0. The van der Waals surface area contributed by atoms with Crippen LogP contribution >= 0.6 is 0 Å². The maximum absolute atomic E-state index is 12.7. The van der Waals surface area contributed by atoms with E-state index >= 15 is 0 Å². The average molecular weight is 493 g/mol. The molecule has 0 spiro atoms. The summed E-state index contributed by atoms with van der Waals surface area (Å²) in [6, 6.07) is 20.9. The van der Waals surface area contributed by atoms with E-state index in [1.807, 2.05) is 58.1 Å². The van der Waals surface area contributed by atoms with Crippen molar-refractivity contribution in [1.29, 1.82) is 5.26 Å². The molecule has 0 saturated carbocycles. The number of nitrogens with zero attached hydrogens (tertiary/aromatic N) is 4. The van der Waals surface area contributed by atoms with Gasteiger partial charge in [0.15, 0.2) is 0 Å². The maximum Gasteiger partial charge on any atom is 0.319 e. The van der Waals surface area contributed by atoms with Crippen LogP contribution < -0.4 is 10.6 Å². The van der Waals surface area contributed by atoms with E-state index in [2.05, 4.69) is 33.8 Å². The molecule has 1 aliphatic rings. The summed E-state index contributed by atoms with van der Waals surface area (Å²) in [4.78, 5) is 31.3. The molecule has 2 N–H and O–H groups in total. The summed E-state index contributed by atoms with van der Waals surface area (Å²) in [7, 11) is 0. The van der Waals surface area contributed by atoms with Crippen molar-refractivity contribution in [2.45, 2.75) is 31.7 Å². The zero-order chi connectivity index (χ0) is 25.6. The predicted octanol–water partition coefficient (Wildman–Crippen LogP) is 4.48. The van der Waals surface area contributed by atoms with Crippen molar-refractivity contribution in [3.63, 3.8) is 0 Å².